The zero-order valence-electron chi connectivity index (χ0n) is 13.3. The zero-order chi connectivity index (χ0) is 15.7. The standard InChI is InChI=1S/C16H28O6/c1-2-6-17-8-9-18-10-11-19-12-13-20-14-15-22-16-5-3-4-7-21-16/h1,16H,3-15H2. The molecule has 1 heterocycles. The Morgan fingerprint density at radius 1 is 0.818 bits per heavy atom. The molecular formula is C16H28O6. The molecule has 1 rings (SSSR count). The minimum Gasteiger partial charge on any atom is -0.377 e. The van der Waals surface area contributed by atoms with E-state index in [0.29, 0.717) is 59.5 Å². The summed E-state index contributed by atoms with van der Waals surface area (Å²) in [6, 6.07) is 0. The van der Waals surface area contributed by atoms with Crippen molar-refractivity contribution < 1.29 is 28.4 Å². The molecule has 0 aliphatic carbocycles. The van der Waals surface area contributed by atoms with Crippen molar-refractivity contribution in [2.24, 2.45) is 0 Å². The molecule has 0 saturated carbocycles. The van der Waals surface area contributed by atoms with E-state index in [1.54, 1.807) is 0 Å². The molecule has 0 N–H and O–H groups in total. The summed E-state index contributed by atoms with van der Waals surface area (Å²) in [5, 5.41) is 0. The molecular weight excluding hydrogens is 288 g/mol. The van der Waals surface area contributed by atoms with Crippen LogP contribution in [0.3, 0.4) is 0 Å². The van der Waals surface area contributed by atoms with E-state index in [4.69, 9.17) is 34.8 Å². The first kappa shape index (κ1) is 19.4. The van der Waals surface area contributed by atoms with Crippen molar-refractivity contribution >= 4 is 0 Å². The Balaban J connectivity index is 1.68. The number of hydrogen-bond donors (Lipinski definition) is 0. The third-order valence-corrected chi connectivity index (χ3v) is 2.97. The van der Waals surface area contributed by atoms with E-state index in [0.717, 1.165) is 19.4 Å². The maximum absolute atomic E-state index is 5.55. The largest absolute Gasteiger partial charge is 0.377 e. The summed E-state index contributed by atoms with van der Waals surface area (Å²) < 4.78 is 32.2. The van der Waals surface area contributed by atoms with Crippen LogP contribution in [0.5, 0.6) is 0 Å². The average molecular weight is 316 g/mol. The van der Waals surface area contributed by atoms with Gasteiger partial charge in [-0.25, -0.2) is 0 Å². The third kappa shape index (κ3) is 11.9. The Labute approximate surface area is 133 Å². The first-order chi connectivity index (χ1) is 10.9. The van der Waals surface area contributed by atoms with Crippen LogP contribution in [0, 0.1) is 12.3 Å². The van der Waals surface area contributed by atoms with E-state index in [1.807, 2.05) is 0 Å². The van der Waals surface area contributed by atoms with Crippen LogP contribution in [-0.2, 0) is 28.4 Å². The average Bonchev–Trinajstić information content (AvgIpc) is 2.56. The molecule has 1 atom stereocenters. The van der Waals surface area contributed by atoms with Crippen LogP contribution >= 0.6 is 0 Å². The lowest BCUT2D eigenvalue weighted by Crippen LogP contribution is -2.24. The van der Waals surface area contributed by atoms with Crippen molar-refractivity contribution in [3.05, 3.63) is 0 Å². The summed E-state index contributed by atoms with van der Waals surface area (Å²) in [4.78, 5) is 0. The van der Waals surface area contributed by atoms with Crippen LogP contribution < -0.4 is 0 Å². The summed E-state index contributed by atoms with van der Waals surface area (Å²) in [5.74, 6) is 2.39. The van der Waals surface area contributed by atoms with Crippen LogP contribution in [0.15, 0.2) is 0 Å². The highest BCUT2D eigenvalue weighted by molar-refractivity contribution is 4.82. The van der Waals surface area contributed by atoms with Gasteiger partial charge in [0, 0.05) is 6.61 Å². The summed E-state index contributed by atoms with van der Waals surface area (Å²) in [5.41, 5.74) is 0. The molecule has 1 fully saturated rings. The Hall–Kier alpha value is -0.680. The van der Waals surface area contributed by atoms with Gasteiger partial charge < -0.3 is 28.4 Å². The molecule has 1 aliphatic rings. The number of rotatable bonds is 14. The quantitative estimate of drug-likeness (QED) is 0.355. The topological polar surface area (TPSA) is 55.4 Å². The van der Waals surface area contributed by atoms with Crippen molar-refractivity contribution in [1.82, 2.24) is 0 Å². The van der Waals surface area contributed by atoms with Crippen molar-refractivity contribution in [2.45, 2.75) is 25.6 Å². The molecule has 6 nitrogen and oxygen atoms in total. The Bertz CT molecular complexity index is 272. The Morgan fingerprint density at radius 2 is 1.41 bits per heavy atom. The van der Waals surface area contributed by atoms with Crippen molar-refractivity contribution in [3.63, 3.8) is 0 Å². The lowest BCUT2D eigenvalue weighted by Gasteiger charge is -2.22. The fourth-order valence-electron chi connectivity index (χ4n) is 1.87. The molecule has 0 amide bonds. The van der Waals surface area contributed by atoms with Crippen LogP contribution in [0.2, 0.25) is 0 Å². The van der Waals surface area contributed by atoms with Gasteiger partial charge in [-0.3, -0.25) is 0 Å². The maximum atomic E-state index is 5.55. The van der Waals surface area contributed by atoms with E-state index >= 15 is 0 Å². The lowest BCUT2D eigenvalue weighted by molar-refractivity contribution is -0.169. The first-order valence-electron chi connectivity index (χ1n) is 7.91. The molecule has 1 saturated heterocycles. The normalized spacial score (nSPS) is 18.2. The Kier molecular flexibility index (Phi) is 13.4. The molecule has 6 heteroatoms. The summed E-state index contributed by atoms with van der Waals surface area (Å²) >= 11 is 0. The van der Waals surface area contributed by atoms with E-state index in [9.17, 15) is 0 Å². The number of hydrogen-bond acceptors (Lipinski definition) is 6. The van der Waals surface area contributed by atoms with Gasteiger partial charge in [0.2, 0.25) is 0 Å². The van der Waals surface area contributed by atoms with Crippen LogP contribution in [0.4, 0.5) is 0 Å². The fraction of sp³-hybridized carbons (Fsp3) is 0.875. The second-order valence-corrected chi connectivity index (χ2v) is 4.76. The monoisotopic (exact) mass is 316 g/mol. The van der Waals surface area contributed by atoms with Gasteiger partial charge in [0.15, 0.2) is 6.29 Å². The number of ether oxygens (including phenoxy) is 6. The van der Waals surface area contributed by atoms with Crippen molar-refractivity contribution in [2.75, 3.05) is 66.1 Å². The predicted octanol–water partition coefficient (Wildman–Crippen LogP) is 1.23. The molecule has 0 aromatic carbocycles. The zero-order valence-corrected chi connectivity index (χ0v) is 13.3. The lowest BCUT2D eigenvalue weighted by atomic mass is 10.2. The van der Waals surface area contributed by atoms with Crippen LogP contribution in [-0.4, -0.2) is 72.4 Å². The third-order valence-electron chi connectivity index (χ3n) is 2.97. The molecule has 1 unspecified atom stereocenters. The molecule has 0 radical (unpaired) electrons. The second-order valence-electron chi connectivity index (χ2n) is 4.76. The van der Waals surface area contributed by atoms with E-state index in [2.05, 4.69) is 5.92 Å². The van der Waals surface area contributed by atoms with Gasteiger partial charge in [-0.2, -0.15) is 0 Å². The minimum absolute atomic E-state index is 0.0460. The van der Waals surface area contributed by atoms with Gasteiger partial charge in [0.1, 0.15) is 6.61 Å². The smallest absolute Gasteiger partial charge is 0.157 e. The molecule has 0 bridgehead atoms. The SMILES string of the molecule is C#CCOCCOCCOCCOCCOC1CCCCO1. The summed E-state index contributed by atoms with van der Waals surface area (Å²) in [7, 11) is 0. The molecule has 0 spiro atoms. The highest BCUT2D eigenvalue weighted by Crippen LogP contribution is 2.13. The minimum atomic E-state index is -0.0460. The molecule has 1 aliphatic heterocycles. The van der Waals surface area contributed by atoms with Gasteiger partial charge in [-0.15, -0.1) is 6.42 Å². The molecule has 0 aromatic heterocycles. The van der Waals surface area contributed by atoms with Crippen molar-refractivity contribution in [1.29, 1.82) is 0 Å². The number of terminal acetylenes is 1. The van der Waals surface area contributed by atoms with E-state index in [1.165, 1.54) is 6.42 Å². The molecule has 128 valence electrons. The fourth-order valence-corrected chi connectivity index (χ4v) is 1.87. The van der Waals surface area contributed by atoms with Gasteiger partial charge in [-0.1, -0.05) is 5.92 Å². The predicted molar refractivity (Wildman–Crippen MR) is 81.7 cm³/mol. The van der Waals surface area contributed by atoms with E-state index in [-0.39, 0.29) is 6.29 Å². The van der Waals surface area contributed by atoms with Crippen LogP contribution in [0.1, 0.15) is 19.3 Å². The van der Waals surface area contributed by atoms with Gasteiger partial charge in [-0.05, 0) is 19.3 Å². The summed E-state index contributed by atoms with van der Waals surface area (Å²) in [6.45, 7) is 5.49. The van der Waals surface area contributed by atoms with Crippen LogP contribution in [0.25, 0.3) is 0 Å². The summed E-state index contributed by atoms with van der Waals surface area (Å²) in [6.07, 6.45) is 8.29. The molecule has 0 aromatic rings. The first-order valence-corrected chi connectivity index (χ1v) is 7.91. The van der Waals surface area contributed by atoms with E-state index < -0.39 is 0 Å². The highest BCUT2D eigenvalue weighted by atomic mass is 16.7. The molecule has 22 heavy (non-hydrogen) atoms. The Morgan fingerprint density at radius 3 is 1.95 bits per heavy atom. The second kappa shape index (κ2) is 15.2. The van der Waals surface area contributed by atoms with Crippen molar-refractivity contribution in [3.8, 4) is 12.3 Å². The van der Waals surface area contributed by atoms with Gasteiger partial charge >= 0.3 is 0 Å². The maximum Gasteiger partial charge on any atom is 0.157 e. The van der Waals surface area contributed by atoms with Gasteiger partial charge in [0.05, 0.1) is 52.9 Å². The highest BCUT2D eigenvalue weighted by Gasteiger charge is 2.13. The van der Waals surface area contributed by atoms with Gasteiger partial charge in [0.25, 0.3) is 0 Å².